The SMILES string of the molecule is CC(=O)Nc1cccc(NCCC(C)(C)C#N)c1. The molecule has 0 aromatic heterocycles. The number of nitriles is 1. The second-order valence-corrected chi connectivity index (χ2v) is 4.93. The van der Waals surface area contributed by atoms with Gasteiger partial charge in [0.2, 0.25) is 5.91 Å². The van der Waals surface area contributed by atoms with Crippen LogP contribution < -0.4 is 10.6 Å². The van der Waals surface area contributed by atoms with Crippen LogP contribution in [0.2, 0.25) is 0 Å². The molecule has 0 saturated heterocycles. The van der Waals surface area contributed by atoms with Crippen LogP contribution in [0, 0.1) is 16.7 Å². The third-order valence-electron chi connectivity index (χ3n) is 2.56. The molecule has 0 bridgehead atoms. The molecule has 0 heterocycles. The number of benzene rings is 1. The smallest absolute Gasteiger partial charge is 0.221 e. The summed E-state index contributed by atoms with van der Waals surface area (Å²) in [5, 5.41) is 14.9. The zero-order valence-electron chi connectivity index (χ0n) is 11.1. The Balaban J connectivity index is 2.53. The van der Waals surface area contributed by atoms with Gasteiger partial charge in [0.05, 0.1) is 11.5 Å². The maximum Gasteiger partial charge on any atom is 0.221 e. The lowest BCUT2D eigenvalue weighted by atomic mass is 9.91. The number of hydrogen-bond acceptors (Lipinski definition) is 3. The molecule has 18 heavy (non-hydrogen) atoms. The van der Waals surface area contributed by atoms with Crippen LogP contribution in [0.4, 0.5) is 11.4 Å². The van der Waals surface area contributed by atoms with Gasteiger partial charge in [0.1, 0.15) is 0 Å². The van der Waals surface area contributed by atoms with Crippen LogP contribution in [0.25, 0.3) is 0 Å². The molecule has 0 saturated carbocycles. The van der Waals surface area contributed by atoms with Crippen molar-refractivity contribution in [2.24, 2.45) is 5.41 Å². The molecule has 2 N–H and O–H groups in total. The fraction of sp³-hybridized carbons (Fsp3) is 0.429. The normalized spacial score (nSPS) is 10.6. The summed E-state index contributed by atoms with van der Waals surface area (Å²) in [6.07, 6.45) is 0.772. The van der Waals surface area contributed by atoms with Gasteiger partial charge in [0.15, 0.2) is 0 Å². The number of hydrogen-bond donors (Lipinski definition) is 2. The second-order valence-electron chi connectivity index (χ2n) is 4.93. The Morgan fingerprint density at radius 1 is 1.39 bits per heavy atom. The first-order valence-electron chi connectivity index (χ1n) is 5.96. The maximum atomic E-state index is 10.9. The van der Waals surface area contributed by atoms with E-state index in [1.165, 1.54) is 6.92 Å². The summed E-state index contributed by atoms with van der Waals surface area (Å²) < 4.78 is 0. The van der Waals surface area contributed by atoms with Gasteiger partial charge < -0.3 is 10.6 Å². The van der Waals surface area contributed by atoms with Crippen molar-refractivity contribution < 1.29 is 4.79 Å². The summed E-state index contributed by atoms with van der Waals surface area (Å²) in [7, 11) is 0. The Bertz CT molecular complexity index is 460. The predicted octanol–water partition coefficient (Wildman–Crippen LogP) is 3.00. The number of carbonyl (C=O) groups is 1. The number of carbonyl (C=O) groups excluding carboxylic acids is 1. The summed E-state index contributed by atoms with van der Waals surface area (Å²) in [6.45, 7) is 6.05. The molecule has 0 aliphatic carbocycles. The monoisotopic (exact) mass is 245 g/mol. The van der Waals surface area contributed by atoms with Crippen LogP contribution in [-0.4, -0.2) is 12.5 Å². The van der Waals surface area contributed by atoms with Crippen molar-refractivity contribution in [1.82, 2.24) is 0 Å². The highest BCUT2D eigenvalue weighted by atomic mass is 16.1. The van der Waals surface area contributed by atoms with Gasteiger partial charge in [-0.05, 0) is 38.5 Å². The standard InChI is InChI=1S/C14H19N3O/c1-11(18)17-13-6-4-5-12(9-13)16-8-7-14(2,3)10-15/h4-6,9,16H,7-8H2,1-3H3,(H,17,18). The Kier molecular flexibility index (Phi) is 4.73. The molecule has 1 aromatic rings. The van der Waals surface area contributed by atoms with E-state index in [1.807, 2.05) is 38.1 Å². The topological polar surface area (TPSA) is 64.9 Å². The van der Waals surface area contributed by atoms with Crippen molar-refractivity contribution >= 4 is 17.3 Å². The number of anilines is 2. The average molecular weight is 245 g/mol. The minimum atomic E-state index is -0.317. The molecule has 0 unspecified atom stereocenters. The molecule has 0 fully saturated rings. The van der Waals surface area contributed by atoms with Gasteiger partial charge in [-0.25, -0.2) is 0 Å². The molecule has 0 aliphatic heterocycles. The highest BCUT2D eigenvalue weighted by molar-refractivity contribution is 5.89. The van der Waals surface area contributed by atoms with E-state index in [1.54, 1.807) is 0 Å². The summed E-state index contributed by atoms with van der Waals surface area (Å²) >= 11 is 0. The van der Waals surface area contributed by atoms with Gasteiger partial charge in [0.25, 0.3) is 0 Å². The zero-order valence-corrected chi connectivity index (χ0v) is 11.1. The Morgan fingerprint density at radius 2 is 2.06 bits per heavy atom. The molecule has 4 heteroatoms. The molecule has 0 spiro atoms. The van der Waals surface area contributed by atoms with E-state index >= 15 is 0 Å². The van der Waals surface area contributed by atoms with Crippen molar-refractivity contribution in [3.05, 3.63) is 24.3 Å². The minimum Gasteiger partial charge on any atom is -0.385 e. The summed E-state index contributed by atoms with van der Waals surface area (Å²) in [5.41, 5.74) is 1.39. The van der Waals surface area contributed by atoms with E-state index in [9.17, 15) is 4.79 Å². The quantitative estimate of drug-likeness (QED) is 0.838. The Labute approximate surface area is 108 Å². The van der Waals surface area contributed by atoms with Gasteiger partial charge in [-0.1, -0.05) is 6.07 Å². The van der Waals surface area contributed by atoms with Crippen LogP contribution in [0.5, 0.6) is 0 Å². The van der Waals surface area contributed by atoms with E-state index in [0.29, 0.717) is 0 Å². The molecule has 1 aromatic carbocycles. The number of amides is 1. The zero-order chi connectivity index (χ0) is 13.6. The predicted molar refractivity (Wildman–Crippen MR) is 73.2 cm³/mol. The molecule has 0 aliphatic rings. The molecule has 1 rings (SSSR count). The first-order valence-corrected chi connectivity index (χ1v) is 5.96. The van der Waals surface area contributed by atoms with Gasteiger partial charge in [-0.2, -0.15) is 5.26 Å². The largest absolute Gasteiger partial charge is 0.385 e. The van der Waals surface area contributed by atoms with Crippen LogP contribution in [0.15, 0.2) is 24.3 Å². The molecular weight excluding hydrogens is 226 g/mol. The van der Waals surface area contributed by atoms with E-state index in [4.69, 9.17) is 5.26 Å². The first-order chi connectivity index (χ1) is 8.43. The molecule has 0 atom stereocenters. The van der Waals surface area contributed by atoms with Gasteiger partial charge in [-0.3, -0.25) is 4.79 Å². The van der Waals surface area contributed by atoms with Gasteiger partial charge in [-0.15, -0.1) is 0 Å². The van der Waals surface area contributed by atoms with Crippen LogP contribution in [-0.2, 0) is 4.79 Å². The maximum absolute atomic E-state index is 10.9. The minimum absolute atomic E-state index is 0.0854. The summed E-state index contributed by atoms with van der Waals surface area (Å²) in [5.74, 6) is -0.0854. The van der Waals surface area contributed by atoms with E-state index in [-0.39, 0.29) is 11.3 Å². The van der Waals surface area contributed by atoms with Crippen molar-refractivity contribution in [1.29, 1.82) is 5.26 Å². The molecule has 1 amide bonds. The highest BCUT2D eigenvalue weighted by Gasteiger charge is 2.15. The second kappa shape index (κ2) is 6.06. The number of rotatable bonds is 5. The van der Waals surface area contributed by atoms with Crippen molar-refractivity contribution in [2.45, 2.75) is 27.2 Å². The molecule has 4 nitrogen and oxygen atoms in total. The lowest BCUT2D eigenvalue weighted by Gasteiger charge is -2.16. The Hall–Kier alpha value is -2.02. The summed E-state index contributed by atoms with van der Waals surface area (Å²) in [6, 6.07) is 9.80. The van der Waals surface area contributed by atoms with E-state index in [0.717, 1.165) is 24.3 Å². The van der Waals surface area contributed by atoms with Crippen molar-refractivity contribution in [3.63, 3.8) is 0 Å². The lowest BCUT2D eigenvalue weighted by Crippen LogP contribution is -2.14. The fourth-order valence-electron chi connectivity index (χ4n) is 1.49. The van der Waals surface area contributed by atoms with Crippen molar-refractivity contribution in [3.8, 4) is 6.07 Å². The molecule has 0 radical (unpaired) electrons. The van der Waals surface area contributed by atoms with E-state index < -0.39 is 0 Å². The molecular formula is C14H19N3O. The van der Waals surface area contributed by atoms with E-state index in [2.05, 4.69) is 16.7 Å². The molecule has 96 valence electrons. The number of nitrogens with one attached hydrogen (secondary N) is 2. The fourth-order valence-corrected chi connectivity index (χ4v) is 1.49. The van der Waals surface area contributed by atoms with Crippen LogP contribution in [0.1, 0.15) is 27.2 Å². The van der Waals surface area contributed by atoms with Crippen LogP contribution >= 0.6 is 0 Å². The Morgan fingerprint density at radius 3 is 2.67 bits per heavy atom. The third kappa shape index (κ3) is 4.88. The van der Waals surface area contributed by atoms with Crippen LogP contribution in [0.3, 0.4) is 0 Å². The van der Waals surface area contributed by atoms with Gasteiger partial charge >= 0.3 is 0 Å². The third-order valence-corrected chi connectivity index (χ3v) is 2.56. The van der Waals surface area contributed by atoms with Crippen molar-refractivity contribution in [2.75, 3.05) is 17.2 Å². The van der Waals surface area contributed by atoms with Gasteiger partial charge in [0, 0.05) is 24.8 Å². The summed E-state index contributed by atoms with van der Waals surface area (Å²) in [4.78, 5) is 10.9. The highest BCUT2D eigenvalue weighted by Crippen LogP contribution is 2.20. The first kappa shape index (κ1) is 14.0. The average Bonchev–Trinajstić information content (AvgIpc) is 2.28. The number of nitrogens with zero attached hydrogens (tertiary/aromatic N) is 1. The lowest BCUT2D eigenvalue weighted by molar-refractivity contribution is -0.114.